The molecule has 1 atom stereocenters. The second-order valence-corrected chi connectivity index (χ2v) is 5.82. The second-order valence-electron chi connectivity index (χ2n) is 5.82. The third-order valence-corrected chi connectivity index (χ3v) is 3.77. The number of hydrogen-bond acceptors (Lipinski definition) is 3. The molecule has 1 aliphatic heterocycles. The first-order valence-corrected chi connectivity index (χ1v) is 7.35. The van der Waals surface area contributed by atoms with Crippen LogP contribution in [0.3, 0.4) is 0 Å². The monoisotopic (exact) mass is 262 g/mol. The zero-order valence-corrected chi connectivity index (χ0v) is 12.1. The first-order valence-electron chi connectivity index (χ1n) is 7.35. The van der Waals surface area contributed by atoms with Gasteiger partial charge in [0, 0.05) is 26.2 Å². The molecule has 2 rings (SSSR count). The SMILES string of the molecule is CC(C)Cc1ccc(C(CO)N2CCNCC2)cc1. The predicted octanol–water partition coefficient (Wildman–Crippen LogP) is 1.82. The number of rotatable bonds is 5. The minimum atomic E-state index is 0.148. The second kappa shape index (κ2) is 7.04. The lowest BCUT2D eigenvalue weighted by Crippen LogP contribution is -2.46. The summed E-state index contributed by atoms with van der Waals surface area (Å²) in [6, 6.07) is 8.93. The van der Waals surface area contributed by atoms with E-state index >= 15 is 0 Å². The molecule has 3 heteroatoms. The molecule has 0 amide bonds. The average Bonchev–Trinajstić information content (AvgIpc) is 2.42. The highest BCUT2D eigenvalue weighted by molar-refractivity contribution is 5.25. The van der Waals surface area contributed by atoms with Gasteiger partial charge in [0.1, 0.15) is 0 Å². The van der Waals surface area contributed by atoms with E-state index in [1.54, 1.807) is 0 Å². The standard InChI is InChI=1S/C16H26N2O/c1-13(2)11-14-3-5-15(6-4-14)16(12-19)18-9-7-17-8-10-18/h3-6,13,16-17,19H,7-12H2,1-2H3. The highest BCUT2D eigenvalue weighted by atomic mass is 16.3. The van der Waals surface area contributed by atoms with Crippen molar-refractivity contribution < 1.29 is 5.11 Å². The summed E-state index contributed by atoms with van der Waals surface area (Å²) in [5.41, 5.74) is 2.62. The van der Waals surface area contributed by atoms with Crippen LogP contribution in [0.25, 0.3) is 0 Å². The summed E-state index contributed by atoms with van der Waals surface area (Å²) in [5.74, 6) is 0.688. The lowest BCUT2D eigenvalue weighted by Gasteiger charge is -2.34. The molecular formula is C16H26N2O. The smallest absolute Gasteiger partial charge is 0.0628 e. The van der Waals surface area contributed by atoms with Crippen LogP contribution in [0.5, 0.6) is 0 Å². The van der Waals surface area contributed by atoms with Crippen molar-refractivity contribution in [3.8, 4) is 0 Å². The van der Waals surface area contributed by atoms with Gasteiger partial charge in [-0.15, -0.1) is 0 Å². The Morgan fingerprint density at radius 2 is 1.79 bits per heavy atom. The van der Waals surface area contributed by atoms with Crippen LogP contribution in [0.4, 0.5) is 0 Å². The lowest BCUT2D eigenvalue weighted by molar-refractivity contribution is 0.111. The third kappa shape index (κ3) is 4.03. The lowest BCUT2D eigenvalue weighted by atomic mass is 9.99. The predicted molar refractivity (Wildman–Crippen MR) is 79.3 cm³/mol. The van der Waals surface area contributed by atoms with Crippen molar-refractivity contribution in [3.63, 3.8) is 0 Å². The van der Waals surface area contributed by atoms with Crippen LogP contribution in [-0.2, 0) is 6.42 Å². The molecule has 0 bridgehead atoms. The van der Waals surface area contributed by atoms with E-state index < -0.39 is 0 Å². The van der Waals surface area contributed by atoms with Crippen LogP contribution in [0.15, 0.2) is 24.3 Å². The Morgan fingerprint density at radius 3 is 2.32 bits per heavy atom. The van der Waals surface area contributed by atoms with Crippen molar-refractivity contribution in [1.29, 1.82) is 0 Å². The Bertz CT molecular complexity index is 369. The van der Waals surface area contributed by atoms with E-state index in [0.29, 0.717) is 5.92 Å². The number of nitrogens with zero attached hydrogens (tertiary/aromatic N) is 1. The van der Waals surface area contributed by atoms with Crippen molar-refractivity contribution in [1.82, 2.24) is 10.2 Å². The van der Waals surface area contributed by atoms with Gasteiger partial charge in [-0.3, -0.25) is 4.90 Å². The third-order valence-electron chi connectivity index (χ3n) is 3.77. The first-order chi connectivity index (χ1) is 9.20. The number of piperazine rings is 1. The van der Waals surface area contributed by atoms with E-state index in [1.165, 1.54) is 11.1 Å². The van der Waals surface area contributed by atoms with Crippen LogP contribution in [-0.4, -0.2) is 42.8 Å². The van der Waals surface area contributed by atoms with Gasteiger partial charge in [-0.2, -0.15) is 0 Å². The zero-order valence-electron chi connectivity index (χ0n) is 12.1. The molecule has 1 heterocycles. The summed E-state index contributed by atoms with van der Waals surface area (Å²) in [7, 11) is 0. The Morgan fingerprint density at radius 1 is 1.16 bits per heavy atom. The van der Waals surface area contributed by atoms with Crippen LogP contribution in [0.1, 0.15) is 31.0 Å². The van der Waals surface area contributed by atoms with Gasteiger partial charge < -0.3 is 10.4 Å². The highest BCUT2D eigenvalue weighted by Crippen LogP contribution is 2.21. The summed E-state index contributed by atoms with van der Waals surface area (Å²) >= 11 is 0. The van der Waals surface area contributed by atoms with Crippen LogP contribution in [0, 0.1) is 5.92 Å². The topological polar surface area (TPSA) is 35.5 Å². The molecule has 0 aliphatic carbocycles. The summed E-state index contributed by atoms with van der Waals surface area (Å²) in [6.07, 6.45) is 1.12. The summed E-state index contributed by atoms with van der Waals surface area (Å²) in [4.78, 5) is 2.37. The molecule has 1 aromatic carbocycles. The molecule has 2 N–H and O–H groups in total. The molecule has 1 unspecified atom stereocenters. The van der Waals surface area contributed by atoms with Crippen molar-refractivity contribution in [3.05, 3.63) is 35.4 Å². The molecule has 3 nitrogen and oxygen atoms in total. The van der Waals surface area contributed by atoms with E-state index in [9.17, 15) is 5.11 Å². The van der Waals surface area contributed by atoms with Gasteiger partial charge >= 0.3 is 0 Å². The van der Waals surface area contributed by atoms with Gasteiger partial charge in [-0.1, -0.05) is 38.1 Å². The number of aliphatic hydroxyl groups is 1. The van der Waals surface area contributed by atoms with Gasteiger partial charge in [0.2, 0.25) is 0 Å². The zero-order chi connectivity index (χ0) is 13.7. The van der Waals surface area contributed by atoms with E-state index in [4.69, 9.17) is 0 Å². The highest BCUT2D eigenvalue weighted by Gasteiger charge is 2.21. The maximum absolute atomic E-state index is 9.68. The molecule has 106 valence electrons. The molecule has 1 aliphatic rings. The minimum Gasteiger partial charge on any atom is -0.394 e. The Labute approximate surface area is 116 Å². The van der Waals surface area contributed by atoms with E-state index in [2.05, 4.69) is 48.3 Å². The van der Waals surface area contributed by atoms with Crippen molar-refractivity contribution in [2.75, 3.05) is 32.8 Å². The number of benzene rings is 1. The molecular weight excluding hydrogens is 236 g/mol. The Balaban J connectivity index is 2.05. The summed E-state index contributed by atoms with van der Waals surface area (Å²) < 4.78 is 0. The summed E-state index contributed by atoms with van der Waals surface area (Å²) in [5, 5.41) is 13.0. The van der Waals surface area contributed by atoms with Gasteiger partial charge in [0.25, 0.3) is 0 Å². The van der Waals surface area contributed by atoms with Crippen LogP contribution >= 0.6 is 0 Å². The number of aliphatic hydroxyl groups excluding tert-OH is 1. The van der Waals surface area contributed by atoms with Crippen LogP contribution < -0.4 is 5.32 Å². The van der Waals surface area contributed by atoms with E-state index in [1.807, 2.05) is 0 Å². The number of hydrogen-bond donors (Lipinski definition) is 2. The van der Waals surface area contributed by atoms with E-state index in [0.717, 1.165) is 32.6 Å². The minimum absolute atomic E-state index is 0.148. The number of nitrogens with one attached hydrogen (secondary N) is 1. The molecule has 0 aromatic heterocycles. The fourth-order valence-corrected chi connectivity index (χ4v) is 2.77. The molecule has 0 radical (unpaired) electrons. The Hall–Kier alpha value is -0.900. The maximum Gasteiger partial charge on any atom is 0.0628 e. The van der Waals surface area contributed by atoms with Crippen LogP contribution in [0.2, 0.25) is 0 Å². The molecule has 1 saturated heterocycles. The largest absolute Gasteiger partial charge is 0.394 e. The molecule has 1 fully saturated rings. The molecule has 0 saturated carbocycles. The van der Waals surface area contributed by atoms with Crippen molar-refractivity contribution in [2.24, 2.45) is 5.92 Å². The quantitative estimate of drug-likeness (QED) is 0.850. The molecule has 19 heavy (non-hydrogen) atoms. The first kappa shape index (κ1) is 14.5. The van der Waals surface area contributed by atoms with Gasteiger partial charge in [-0.05, 0) is 23.5 Å². The molecule has 0 spiro atoms. The fourth-order valence-electron chi connectivity index (χ4n) is 2.77. The maximum atomic E-state index is 9.68. The van der Waals surface area contributed by atoms with Crippen molar-refractivity contribution >= 4 is 0 Å². The van der Waals surface area contributed by atoms with Crippen molar-refractivity contribution in [2.45, 2.75) is 26.3 Å². The molecule has 1 aromatic rings. The normalized spacial score (nSPS) is 18.7. The van der Waals surface area contributed by atoms with E-state index in [-0.39, 0.29) is 12.6 Å². The fraction of sp³-hybridized carbons (Fsp3) is 0.625. The van der Waals surface area contributed by atoms with Gasteiger partial charge in [0.15, 0.2) is 0 Å². The average molecular weight is 262 g/mol. The summed E-state index contributed by atoms with van der Waals surface area (Å²) in [6.45, 7) is 8.74. The van der Waals surface area contributed by atoms with Gasteiger partial charge in [-0.25, -0.2) is 0 Å². The van der Waals surface area contributed by atoms with Gasteiger partial charge in [0.05, 0.1) is 12.6 Å². The Kier molecular flexibility index (Phi) is 5.37.